The number of furan rings is 1. The Hall–Kier alpha value is -2.25. The largest absolute Gasteiger partial charge is 0.456 e. The minimum atomic E-state index is -0.277. The predicted molar refractivity (Wildman–Crippen MR) is 84.2 cm³/mol. The fourth-order valence-corrected chi connectivity index (χ4v) is 2.57. The van der Waals surface area contributed by atoms with Crippen LogP contribution >= 0.6 is 11.6 Å². The van der Waals surface area contributed by atoms with E-state index in [0.29, 0.717) is 16.4 Å². The highest BCUT2D eigenvalue weighted by molar-refractivity contribution is 6.37. The molecule has 1 aromatic heterocycles. The summed E-state index contributed by atoms with van der Waals surface area (Å²) in [6.45, 7) is 0. The first kappa shape index (κ1) is 8.13. The second-order valence-electron chi connectivity index (χ2n) is 4.49. The highest BCUT2D eigenvalue weighted by atomic mass is 35.5. The van der Waals surface area contributed by atoms with Crippen LogP contribution in [0.3, 0.4) is 0 Å². The number of hydrogen-bond donors (Lipinski definition) is 0. The van der Waals surface area contributed by atoms with Gasteiger partial charge in [-0.2, -0.15) is 0 Å². The lowest BCUT2D eigenvalue weighted by Gasteiger charge is -2.01. The summed E-state index contributed by atoms with van der Waals surface area (Å²) >= 11 is 6.26. The van der Waals surface area contributed by atoms with Crippen LogP contribution in [0.15, 0.2) is 71.1 Å². The lowest BCUT2D eigenvalue weighted by atomic mass is 10.0. The van der Waals surface area contributed by atoms with E-state index in [0.717, 1.165) is 11.1 Å². The molecule has 1 heterocycles. The zero-order valence-electron chi connectivity index (χ0n) is 14.3. The third-order valence-electron chi connectivity index (χ3n) is 3.28. The van der Waals surface area contributed by atoms with Gasteiger partial charge in [0.1, 0.15) is 11.2 Å². The molecule has 0 saturated carbocycles. The zero-order chi connectivity index (χ0) is 17.0. The molecular formula is C18H11ClO. The van der Waals surface area contributed by atoms with Gasteiger partial charge in [0.15, 0.2) is 0 Å². The molecule has 0 aliphatic heterocycles. The van der Waals surface area contributed by atoms with Crippen LogP contribution in [-0.2, 0) is 0 Å². The Morgan fingerprint density at radius 2 is 1.75 bits per heavy atom. The molecule has 3 aromatic carbocycles. The summed E-state index contributed by atoms with van der Waals surface area (Å²) < 4.78 is 37.7. The van der Waals surface area contributed by atoms with Gasteiger partial charge in [0.25, 0.3) is 0 Å². The smallest absolute Gasteiger partial charge is 0.136 e. The highest BCUT2D eigenvalue weighted by Gasteiger charge is 2.10. The summed E-state index contributed by atoms with van der Waals surface area (Å²) in [6, 6.07) is 12.7. The molecule has 0 aliphatic carbocycles. The summed E-state index contributed by atoms with van der Waals surface area (Å²) in [5.74, 6) is 0. The van der Waals surface area contributed by atoms with Gasteiger partial charge in [0.05, 0.1) is 10.5 Å². The SMILES string of the molecule is [2H]c1c([2H])c(Cl)c2c(oc3c([2H])cc(-c4ccccc4)cc32)c1[2H]. The summed E-state index contributed by atoms with van der Waals surface area (Å²) in [7, 11) is 0. The first-order valence-electron chi connectivity index (χ1n) is 8.16. The molecule has 0 bridgehead atoms. The third kappa shape index (κ3) is 1.71. The van der Waals surface area contributed by atoms with Gasteiger partial charge in [-0.15, -0.1) is 0 Å². The van der Waals surface area contributed by atoms with Gasteiger partial charge in [0.2, 0.25) is 0 Å². The van der Waals surface area contributed by atoms with Crippen molar-refractivity contribution >= 4 is 33.5 Å². The van der Waals surface area contributed by atoms with E-state index in [9.17, 15) is 0 Å². The van der Waals surface area contributed by atoms with Crippen molar-refractivity contribution in [2.45, 2.75) is 0 Å². The van der Waals surface area contributed by atoms with Crippen molar-refractivity contribution < 1.29 is 9.90 Å². The monoisotopic (exact) mass is 282 g/mol. The number of rotatable bonds is 1. The Labute approximate surface area is 127 Å². The van der Waals surface area contributed by atoms with Gasteiger partial charge in [0, 0.05) is 10.8 Å². The molecule has 0 spiro atoms. The van der Waals surface area contributed by atoms with Crippen LogP contribution in [-0.4, -0.2) is 0 Å². The summed E-state index contributed by atoms with van der Waals surface area (Å²) in [6.07, 6.45) is 0. The minimum absolute atomic E-state index is 0.0781. The molecule has 0 aliphatic rings. The third-order valence-corrected chi connectivity index (χ3v) is 3.56. The molecule has 1 nitrogen and oxygen atoms in total. The van der Waals surface area contributed by atoms with Crippen LogP contribution in [0, 0.1) is 0 Å². The van der Waals surface area contributed by atoms with Crippen LogP contribution < -0.4 is 0 Å². The van der Waals surface area contributed by atoms with E-state index in [2.05, 4.69) is 0 Å². The Balaban J connectivity index is 2.16. The van der Waals surface area contributed by atoms with Gasteiger partial charge in [-0.3, -0.25) is 0 Å². The van der Waals surface area contributed by atoms with E-state index in [-0.39, 0.29) is 34.8 Å². The number of hydrogen-bond acceptors (Lipinski definition) is 1. The van der Waals surface area contributed by atoms with Crippen molar-refractivity contribution in [2.24, 2.45) is 0 Å². The van der Waals surface area contributed by atoms with E-state index in [1.807, 2.05) is 36.4 Å². The van der Waals surface area contributed by atoms with Crippen molar-refractivity contribution in [3.8, 4) is 11.1 Å². The van der Waals surface area contributed by atoms with Gasteiger partial charge in [-0.1, -0.05) is 54.0 Å². The van der Waals surface area contributed by atoms with Crippen molar-refractivity contribution in [1.29, 1.82) is 0 Å². The fourth-order valence-electron chi connectivity index (χ4n) is 2.34. The Kier molecular flexibility index (Phi) is 1.79. The number of halogens is 1. The van der Waals surface area contributed by atoms with Crippen molar-refractivity contribution in [2.75, 3.05) is 0 Å². The maximum Gasteiger partial charge on any atom is 0.136 e. The van der Waals surface area contributed by atoms with E-state index in [1.54, 1.807) is 6.07 Å². The summed E-state index contributed by atoms with van der Waals surface area (Å²) in [5, 5.41) is 1.08. The van der Waals surface area contributed by atoms with Crippen LogP contribution in [0.2, 0.25) is 5.02 Å². The number of benzene rings is 3. The lowest BCUT2D eigenvalue weighted by molar-refractivity contribution is 0.669. The van der Waals surface area contributed by atoms with Crippen LogP contribution in [0.1, 0.15) is 5.48 Å². The van der Waals surface area contributed by atoms with Gasteiger partial charge in [-0.25, -0.2) is 0 Å². The molecule has 0 unspecified atom stereocenters. The molecule has 0 saturated heterocycles. The molecule has 0 radical (unpaired) electrons. The molecule has 0 fully saturated rings. The molecule has 4 aromatic rings. The fraction of sp³-hybridized carbons (Fsp3) is 0. The van der Waals surface area contributed by atoms with Crippen molar-refractivity contribution in [3.05, 3.63) is 71.7 Å². The topological polar surface area (TPSA) is 13.1 Å². The molecule has 0 N–H and O–H groups in total. The van der Waals surface area contributed by atoms with Gasteiger partial charge < -0.3 is 4.42 Å². The predicted octanol–water partition coefficient (Wildman–Crippen LogP) is 5.91. The van der Waals surface area contributed by atoms with Crippen LogP contribution in [0.25, 0.3) is 33.1 Å². The van der Waals surface area contributed by atoms with Crippen LogP contribution in [0.5, 0.6) is 0 Å². The maximum atomic E-state index is 8.24. The lowest BCUT2D eigenvalue weighted by Crippen LogP contribution is -1.76. The summed E-state index contributed by atoms with van der Waals surface area (Å²) in [4.78, 5) is 0. The van der Waals surface area contributed by atoms with E-state index < -0.39 is 0 Å². The maximum absolute atomic E-state index is 8.24. The van der Waals surface area contributed by atoms with Crippen LogP contribution in [0.4, 0.5) is 0 Å². The Morgan fingerprint density at radius 3 is 2.60 bits per heavy atom. The van der Waals surface area contributed by atoms with E-state index in [4.69, 9.17) is 21.5 Å². The zero-order valence-corrected chi connectivity index (χ0v) is 11.1. The highest BCUT2D eigenvalue weighted by Crippen LogP contribution is 2.35. The molecule has 20 heavy (non-hydrogen) atoms. The second kappa shape index (κ2) is 4.39. The summed E-state index contributed by atoms with van der Waals surface area (Å²) in [5.41, 5.74) is 2.24. The first-order chi connectivity index (χ1) is 11.5. The molecule has 2 heteroatoms. The number of fused-ring (bicyclic) bond motifs is 3. The molecular weight excluding hydrogens is 268 g/mol. The average Bonchev–Trinajstić information content (AvgIpc) is 2.99. The normalized spacial score (nSPS) is 14.1. The Bertz CT molecular complexity index is 1100. The minimum Gasteiger partial charge on any atom is -0.456 e. The van der Waals surface area contributed by atoms with Gasteiger partial charge in [-0.05, 0) is 35.3 Å². The van der Waals surface area contributed by atoms with Gasteiger partial charge >= 0.3 is 0 Å². The van der Waals surface area contributed by atoms with Crippen molar-refractivity contribution in [3.63, 3.8) is 0 Å². The quantitative estimate of drug-likeness (QED) is 0.423. The van der Waals surface area contributed by atoms with E-state index in [1.165, 1.54) is 0 Å². The molecule has 0 atom stereocenters. The second-order valence-corrected chi connectivity index (χ2v) is 4.87. The molecule has 4 rings (SSSR count). The molecule has 96 valence electrons. The molecule has 0 amide bonds. The van der Waals surface area contributed by atoms with E-state index >= 15 is 0 Å². The average molecular weight is 283 g/mol. The van der Waals surface area contributed by atoms with Crippen molar-refractivity contribution in [1.82, 2.24) is 0 Å². The Morgan fingerprint density at radius 1 is 0.900 bits per heavy atom. The standard InChI is InChI=1S/C18H11ClO/c19-15-7-4-8-17-18(15)14-11-13(9-10-16(14)20-17)12-5-2-1-3-6-12/h1-11H/i4D,7D,8D,10D. The first-order valence-corrected chi connectivity index (χ1v) is 6.54.